The van der Waals surface area contributed by atoms with E-state index in [-0.39, 0.29) is 11.9 Å². The van der Waals surface area contributed by atoms with Crippen molar-refractivity contribution in [1.29, 1.82) is 0 Å². The highest BCUT2D eigenvalue weighted by Crippen LogP contribution is 2.34. The molecule has 0 spiro atoms. The molecule has 0 aliphatic heterocycles. The second-order valence-corrected chi connectivity index (χ2v) is 5.87. The molecule has 0 saturated heterocycles. The van der Waals surface area contributed by atoms with Crippen LogP contribution in [0.3, 0.4) is 0 Å². The number of aliphatic hydroxyl groups is 1. The van der Waals surface area contributed by atoms with Gasteiger partial charge in [-0.15, -0.1) is 0 Å². The van der Waals surface area contributed by atoms with Gasteiger partial charge in [0.1, 0.15) is 11.6 Å². The topological polar surface area (TPSA) is 29.5 Å². The quantitative estimate of drug-likeness (QED) is 0.893. The molecule has 2 rings (SSSR count). The Kier molecular flexibility index (Phi) is 4.46. The van der Waals surface area contributed by atoms with E-state index in [0.29, 0.717) is 17.2 Å². The van der Waals surface area contributed by atoms with Crippen LogP contribution in [0, 0.1) is 17.7 Å². The largest absolute Gasteiger partial charge is 0.490 e. The average Bonchev–Trinajstić information content (AvgIpc) is 2.36. The number of ether oxygens (including phenoxy) is 1. The van der Waals surface area contributed by atoms with Crippen LogP contribution >= 0.6 is 0 Å². The first-order valence-corrected chi connectivity index (χ1v) is 7.11. The first-order chi connectivity index (χ1) is 8.97. The molecule has 3 heteroatoms. The molecule has 1 N–H and O–H groups in total. The van der Waals surface area contributed by atoms with Crippen LogP contribution in [-0.2, 0) is 0 Å². The van der Waals surface area contributed by atoms with Gasteiger partial charge in [0.15, 0.2) is 0 Å². The number of hydrogen-bond donors (Lipinski definition) is 1. The van der Waals surface area contributed by atoms with Crippen molar-refractivity contribution in [1.82, 2.24) is 0 Å². The van der Waals surface area contributed by atoms with Crippen LogP contribution in [0.15, 0.2) is 18.2 Å². The van der Waals surface area contributed by atoms with E-state index in [1.807, 2.05) is 0 Å². The van der Waals surface area contributed by atoms with E-state index < -0.39 is 6.10 Å². The summed E-state index contributed by atoms with van der Waals surface area (Å²) in [5.74, 6) is 1.66. The van der Waals surface area contributed by atoms with Crippen LogP contribution in [0.1, 0.15) is 51.7 Å². The van der Waals surface area contributed by atoms with Gasteiger partial charge < -0.3 is 9.84 Å². The number of halogens is 1. The van der Waals surface area contributed by atoms with Crippen LogP contribution in [0.2, 0.25) is 0 Å². The lowest BCUT2D eigenvalue weighted by molar-refractivity contribution is 0.0956. The Bertz CT molecular complexity index is 431. The Balaban J connectivity index is 2.11. The predicted octanol–water partition coefficient (Wildman–Crippen LogP) is 4.08. The van der Waals surface area contributed by atoms with Gasteiger partial charge in [0.2, 0.25) is 0 Å². The van der Waals surface area contributed by atoms with E-state index in [4.69, 9.17) is 4.74 Å². The zero-order valence-corrected chi connectivity index (χ0v) is 11.9. The molecule has 3 unspecified atom stereocenters. The minimum Gasteiger partial charge on any atom is -0.490 e. The lowest BCUT2D eigenvalue weighted by atomic mass is 9.80. The summed E-state index contributed by atoms with van der Waals surface area (Å²) in [5.41, 5.74) is 0.534. The zero-order chi connectivity index (χ0) is 14.0. The van der Waals surface area contributed by atoms with Crippen molar-refractivity contribution in [2.24, 2.45) is 11.8 Å². The lowest BCUT2D eigenvalue weighted by Gasteiger charge is -2.32. The monoisotopic (exact) mass is 266 g/mol. The van der Waals surface area contributed by atoms with Crippen LogP contribution in [-0.4, -0.2) is 11.2 Å². The number of benzene rings is 1. The number of aliphatic hydroxyl groups excluding tert-OH is 1. The second kappa shape index (κ2) is 5.91. The smallest absolute Gasteiger partial charge is 0.125 e. The molecule has 106 valence electrons. The maximum atomic E-state index is 13.2. The predicted molar refractivity (Wildman–Crippen MR) is 73.6 cm³/mol. The first kappa shape index (κ1) is 14.3. The van der Waals surface area contributed by atoms with Crippen molar-refractivity contribution in [3.8, 4) is 5.75 Å². The molecule has 0 radical (unpaired) electrons. The van der Waals surface area contributed by atoms with Gasteiger partial charge in [-0.2, -0.15) is 0 Å². The number of rotatable bonds is 3. The molecule has 0 aromatic heterocycles. The van der Waals surface area contributed by atoms with Crippen LogP contribution in [0.4, 0.5) is 4.39 Å². The third-order valence-corrected chi connectivity index (χ3v) is 4.27. The van der Waals surface area contributed by atoms with Crippen LogP contribution < -0.4 is 4.74 Å². The van der Waals surface area contributed by atoms with E-state index in [1.165, 1.54) is 12.1 Å². The fraction of sp³-hybridized carbons (Fsp3) is 0.625. The maximum absolute atomic E-state index is 13.2. The van der Waals surface area contributed by atoms with Crippen molar-refractivity contribution >= 4 is 0 Å². The fourth-order valence-electron chi connectivity index (χ4n) is 2.74. The minimum atomic E-state index is -0.717. The summed E-state index contributed by atoms with van der Waals surface area (Å²) < 4.78 is 19.2. The molecule has 1 saturated carbocycles. The molecule has 1 aromatic rings. The van der Waals surface area contributed by atoms with Gasteiger partial charge in [0, 0.05) is 5.56 Å². The van der Waals surface area contributed by atoms with Crippen molar-refractivity contribution < 1.29 is 14.2 Å². The molecule has 19 heavy (non-hydrogen) atoms. The zero-order valence-electron chi connectivity index (χ0n) is 11.9. The van der Waals surface area contributed by atoms with Gasteiger partial charge in [-0.05, 0) is 56.2 Å². The second-order valence-electron chi connectivity index (χ2n) is 5.87. The SMILES string of the molecule is CC1CCC(Oc2ccc(F)cc2[C@@H](C)O)CC1C. The fourth-order valence-corrected chi connectivity index (χ4v) is 2.74. The molecular formula is C16H23FO2. The molecule has 1 aromatic carbocycles. The molecule has 1 aliphatic rings. The highest BCUT2D eigenvalue weighted by Gasteiger charge is 2.26. The first-order valence-electron chi connectivity index (χ1n) is 7.11. The Labute approximate surface area is 114 Å². The third-order valence-electron chi connectivity index (χ3n) is 4.27. The summed E-state index contributed by atoms with van der Waals surface area (Å²) in [6.07, 6.45) is 2.68. The van der Waals surface area contributed by atoms with Gasteiger partial charge in [0.25, 0.3) is 0 Å². The molecular weight excluding hydrogens is 243 g/mol. The molecule has 2 nitrogen and oxygen atoms in total. The standard InChI is InChI=1S/C16H23FO2/c1-10-4-6-14(8-11(10)2)19-16-7-5-13(17)9-15(16)12(3)18/h5,7,9-12,14,18H,4,6,8H2,1-3H3/t10?,11?,12-,14?/m1/s1. The molecule has 4 atom stereocenters. The molecule has 1 aliphatic carbocycles. The highest BCUT2D eigenvalue weighted by molar-refractivity contribution is 5.35. The molecule has 1 fully saturated rings. The van der Waals surface area contributed by atoms with Gasteiger partial charge >= 0.3 is 0 Å². The van der Waals surface area contributed by atoms with Gasteiger partial charge in [-0.3, -0.25) is 0 Å². The summed E-state index contributed by atoms with van der Waals surface area (Å²) in [6, 6.07) is 4.37. The van der Waals surface area contributed by atoms with Gasteiger partial charge in [-0.1, -0.05) is 13.8 Å². The summed E-state index contributed by atoms with van der Waals surface area (Å²) in [4.78, 5) is 0. The van der Waals surface area contributed by atoms with E-state index in [2.05, 4.69) is 13.8 Å². The molecule has 0 heterocycles. The summed E-state index contributed by atoms with van der Waals surface area (Å²) in [7, 11) is 0. The Morgan fingerprint density at radius 2 is 2.00 bits per heavy atom. The molecule has 0 amide bonds. The Morgan fingerprint density at radius 3 is 2.63 bits per heavy atom. The van der Waals surface area contributed by atoms with Crippen molar-refractivity contribution in [3.63, 3.8) is 0 Å². The van der Waals surface area contributed by atoms with Crippen molar-refractivity contribution in [2.45, 2.75) is 52.2 Å². The van der Waals surface area contributed by atoms with E-state index in [1.54, 1.807) is 13.0 Å². The van der Waals surface area contributed by atoms with Crippen LogP contribution in [0.25, 0.3) is 0 Å². The average molecular weight is 266 g/mol. The van der Waals surface area contributed by atoms with E-state index >= 15 is 0 Å². The Morgan fingerprint density at radius 1 is 1.26 bits per heavy atom. The normalized spacial score (nSPS) is 29.0. The maximum Gasteiger partial charge on any atom is 0.125 e. The summed E-state index contributed by atoms with van der Waals surface area (Å²) in [5, 5.41) is 9.71. The highest BCUT2D eigenvalue weighted by atomic mass is 19.1. The lowest BCUT2D eigenvalue weighted by Crippen LogP contribution is -2.29. The van der Waals surface area contributed by atoms with Gasteiger partial charge in [0.05, 0.1) is 12.2 Å². The van der Waals surface area contributed by atoms with Gasteiger partial charge in [-0.25, -0.2) is 4.39 Å². The third kappa shape index (κ3) is 3.47. The number of hydrogen-bond acceptors (Lipinski definition) is 2. The Hall–Kier alpha value is -1.09. The molecule has 0 bridgehead atoms. The van der Waals surface area contributed by atoms with Crippen molar-refractivity contribution in [2.75, 3.05) is 0 Å². The minimum absolute atomic E-state index is 0.175. The summed E-state index contributed by atoms with van der Waals surface area (Å²) in [6.45, 7) is 6.16. The van der Waals surface area contributed by atoms with Crippen LogP contribution in [0.5, 0.6) is 5.75 Å². The summed E-state index contributed by atoms with van der Waals surface area (Å²) >= 11 is 0. The van der Waals surface area contributed by atoms with Crippen molar-refractivity contribution in [3.05, 3.63) is 29.6 Å². The van der Waals surface area contributed by atoms with E-state index in [0.717, 1.165) is 25.2 Å². The van der Waals surface area contributed by atoms with E-state index in [9.17, 15) is 9.50 Å².